The summed E-state index contributed by atoms with van der Waals surface area (Å²) in [6, 6.07) is 14.0. The minimum Gasteiger partial charge on any atom is -0.464 e. The van der Waals surface area contributed by atoms with Gasteiger partial charge in [0.25, 0.3) is 0 Å². The van der Waals surface area contributed by atoms with Gasteiger partial charge >= 0.3 is 0 Å². The molecule has 25 heavy (non-hydrogen) atoms. The van der Waals surface area contributed by atoms with Crippen LogP contribution in [0, 0.1) is 0 Å². The van der Waals surface area contributed by atoms with Gasteiger partial charge < -0.3 is 4.42 Å². The second-order valence-corrected chi connectivity index (χ2v) is 5.91. The van der Waals surface area contributed by atoms with Crippen molar-refractivity contribution in [1.29, 1.82) is 0 Å². The molecule has 6 nitrogen and oxygen atoms in total. The third kappa shape index (κ3) is 2.76. The van der Waals surface area contributed by atoms with Gasteiger partial charge in [0.05, 0.1) is 24.2 Å². The molecule has 0 saturated heterocycles. The summed E-state index contributed by atoms with van der Waals surface area (Å²) in [4.78, 5) is 0. The Balaban J connectivity index is 1.74. The molecule has 3 aromatic heterocycles. The summed E-state index contributed by atoms with van der Waals surface area (Å²) >= 11 is 0. The van der Waals surface area contributed by atoms with Gasteiger partial charge in [0.15, 0.2) is 0 Å². The largest absolute Gasteiger partial charge is 0.464 e. The zero-order valence-electron chi connectivity index (χ0n) is 14.2. The lowest BCUT2D eigenvalue weighted by Gasteiger charge is -2.14. The molecular formula is C19H19N5O. The maximum atomic E-state index is 5.57. The molecule has 4 aromatic rings. The fourth-order valence-electron chi connectivity index (χ4n) is 3.15. The predicted octanol–water partition coefficient (Wildman–Crippen LogP) is 3.94. The van der Waals surface area contributed by atoms with Crippen molar-refractivity contribution in [3.63, 3.8) is 0 Å². The van der Waals surface area contributed by atoms with Crippen molar-refractivity contribution in [2.75, 3.05) is 0 Å². The van der Waals surface area contributed by atoms with Gasteiger partial charge in [-0.1, -0.05) is 36.4 Å². The Kier molecular flexibility index (Phi) is 3.93. The van der Waals surface area contributed by atoms with E-state index in [9.17, 15) is 0 Å². The first kappa shape index (κ1) is 15.4. The Morgan fingerprint density at radius 1 is 1.08 bits per heavy atom. The van der Waals surface area contributed by atoms with Crippen LogP contribution in [0.1, 0.15) is 25.1 Å². The second-order valence-electron chi connectivity index (χ2n) is 5.91. The van der Waals surface area contributed by atoms with Gasteiger partial charge in [-0.15, -0.1) is 5.10 Å². The lowest BCUT2D eigenvalue weighted by molar-refractivity contribution is 0.462. The smallest absolute Gasteiger partial charge is 0.134 e. The quantitative estimate of drug-likeness (QED) is 0.555. The number of hydrogen-bond acceptors (Lipinski definition) is 4. The first-order valence-corrected chi connectivity index (χ1v) is 8.31. The molecular weight excluding hydrogens is 314 g/mol. The van der Waals surface area contributed by atoms with Gasteiger partial charge in [0.2, 0.25) is 0 Å². The number of hydrogen-bond donors (Lipinski definition) is 0. The van der Waals surface area contributed by atoms with Crippen LogP contribution in [0.5, 0.6) is 0 Å². The molecule has 0 aliphatic carbocycles. The third-order valence-corrected chi connectivity index (χ3v) is 4.41. The molecule has 6 heteroatoms. The molecule has 0 spiro atoms. The van der Waals surface area contributed by atoms with Crippen LogP contribution in [0.15, 0.2) is 65.5 Å². The topological polar surface area (TPSA) is 61.7 Å². The van der Waals surface area contributed by atoms with E-state index >= 15 is 0 Å². The summed E-state index contributed by atoms with van der Waals surface area (Å²) in [5.74, 6) is 0.823. The Labute approximate surface area is 145 Å². The van der Waals surface area contributed by atoms with Crippen molar-refractivity contribution in [2.45, 2.75) is 19.4 Å². The molecule has 4 rings (SSSR count). The van der Waals surface area contributed by atoms with Crippen molar-refractivity contribution in [2.24, 2.45) is 7.05 Å². The number of benzene rings is 1. The van der Waals surface area contributed by atoms with E-state index in [1.807, 2.05) is 71.3 Å². The van der Waals surface area contributed by atoms with Crippen molar-refractivity contribution in [3.05, 3.63) is 66.8 Å². The van der Waals surface area contributed by atoms with E-state index in [2.05, 4.69) is 22.3 Å². The first-order valence-electron chi connectivity index (χ1n) is 8.31. The summed E-state index contributed by atoms with van der Waals surface area (Å²) < 4.78 is 9.35. The van der Waals surface area contributed by atoms with E-state index in [-0.39, 0.29) is 6.04 Å². The molecule has 0 amide bonds. The monoisotopic (exact) mass is 333 g/mol. The van der Waals surface area contributed by atoms with Crippen molar-refractivity contribution in [1.82, 2.24) is 24.8 Å². The average Bonchev–Trinajstić information content (AvgIpc) is 3.38. The molecule has 1 aromatic carbocycles. The molecule has 0 bridgehead atoms. The molecule has 0 saturated carbocycles. The van der Waals surface area contributed by atoms with Gasteiger partial charge in [-0.25, -0.2) is 4.68 Å². The Bertz CT molecular complexity index is 967. The van der Waals surface area contributed by atoms with Crippen LogP contribution in [-0.2, 0) is 7.05 Å². The number of aromatic nitrogens is 5. The van der Waals surface area contributed by atoms with Crippen molar-refractivity contribution < 1.29 is 4.42 Å². The van der Waals surface area contributed by atoms with Crippen LogP contribution >= 0.6 is 0 Å². The molecule has 0 aliphatic rings. The van der Waals surface area contributed by atoms with E-state index in [4.69, 9.17) is 4.42 Å². The molecule has 0 aliphatic heterocycles. The van der Waals surface area contributed by atoms with E-state index in [1.54, 1.807) is 6.26 Å². The van der Waals surface area contributed by atoms with Crippen LogP contribution < -0.4 is 0 Å². The van der Waals surface area contributed by atoms with Crippen LogP contribution in [0.2, 0.25) is 0 Å². The minimum atomic E-state index is 0.101. The van der Waals surface area contributed by atoms with E-state index in [0.717, 1.165) is 34.7 Å². The molecule has 0 radical (unpaired) electrons. The molecule has 126 valence electrons. The Morgan fingerprint density at radius 2 is 1.92 bits per heavy atom. The predicted molar refractivity (Wildman–Crippen MR) is 94.8 cm³/mol. The van der Waals surface area contributed by atoms with Crippen LogP contribution in [0.3, 0.4) is 0 Å². The fraction of sp³-hybridized carbons (Fsp3) is 0.211. The number of aryl methyl sites for hydroxylation is 1. The van der Waals surface area contributed by atoms with E-state index in [0.29, 0.717) is 0 Å². The third-order valence-electron chi connectivity index (χ3n) is 4.41. The van der Waals surface area contributed by atoms with E-state index < -0.39 is 0 Å². The SMILES string of the molecule is CC[C@@H](c1ccnn1C)n1cc(-c2ccccc2-c2ccco2)nn1. The summed E-state index contributed by atoms with van der Waals surface area (Å²) in [5.41, 5.74) is 3.95. The molecule has 1 atom stereocenters. The number of rotatable bonds is 5. The van der Waals surface area contributed by atoms with Gasteiger partial charge in [0.1, 0.15) is 11.5 Å². The normalized spacial score (nSPS) is 12.4. The maximum absolute atomic E-state index is 5.57. The van der Waals surface area contributed by atoms with E-state index in [1.165, 1.54) is 0 Å². The zero-order chi connectivity index (χ0) is 17.2. The van der Waals surface area contributed by atoms with Crippen LogP contribution in [-0.4, -0.2) is 24.8 Å². The summed E-state index contributed by atoms with van der Waals surface area (Å²) in [6.07, 6.45) is 6.38. The standard InChI is InChI=1S/C19H19N5O/c1-3-17(18-10-11-20-23(18)2)24-13-16(21-22-24)14-7-4-5-8-15(14)19-9-6-12-25-19/h4-13,17H,3H2,1-2H3/t17-/m0/s1. The van der Waals surface area contributed by atoms with Gasteiger partial charge in [0, 0.05) is 24.4 Å². The molecule has 0 fully saturated rings. The number of furan rings is 1. The highest BCUT2D eigenvalue weighted by atomic mass is 16.3. The number of nitrogens with zero attached hydrogens (tertiary/aromatic N) is 5. The average molecular weight is 333 g/mol. The molecule has 0 N–H and O–H groups in total. The fourth-order valence-corrected chi connectivity index (χ4v) is 3.15. The maximum Gasteiger partial charge on any atom is 0.134 e. The van der Waals surface area contributed by atoms with Crippen LogP contribution in [0.25, 0.3) is 22.6 Å². The second kappa shape index (κ2) is 6.39. The lowest BCUT2D eigenvalue weighted by atomic mass is 10.0. The van der Waals surface area contributed by atoms with Crippen molar-refractivity contribution in [3.8, 4) is 22.6 Å². The summed E-state index contributed by atoms with van der Waals surface area (Å²) in [5, 5.41) is 13.1. The Hall–Kier alpha value is -3.15. The summed E-state index contributed by atoms with van der Waals surface area (Å²) in [6.45, 7) is 2.13. The lowest BCUT2D eigenvalue weighted by Crippen LogP contribution is -2.14. The highest BCUT2D eigenvalue weighted by molar-refractivity contribution is 5.78. The van der Waals surface area contributed by atoms with Crippen molar-refractivity contribution >= 4 is 0 Å². The molecule has 0 unspecified atom stereocenters. The first-order chi connectivity index (χ1) is 12.3. The zero-order valence-corrected chi connectivity index (χ0v) is 14.2. The minimum absolute atomic E-state index is 0.101. The van der Waals surface area contributed by atoms with Gasteiger partial charge in [-0.2, -0.15) is 5.10 Å². The summed E-state index contributed by atoms with van der Waals surface area (Å²) in [7, 11) is 1.95. The Morgan fingerprint density at radius 3 is 2.60 bits per heavy atom. The van der Waals surface area contributed by atoms with Gasteiger partial charge in [-0.05, 0) is 24.6 Å². The van der Waals surface area contributed by atoms with Gasteiger partial charge in [-0.3, -0.25) is 4.68 Å². The highest BCUT2D eigenvalue weighted by Crippen LogP contribution is 2.31. The van der Waals surface area contributed by atoms with Crippen LogP contribution in [0.4, 0.5) is 0 Å². The molecule has 3 heterocycles. The highest BCUT2D eigenvalue weighted by Gasteiger charge is 2.19.